The third-order valence-electron chi connectivity index (χ3n) is 0.857. The molecule has 0 heterocycles. The van der Waals surface area contributed by atoms with Gasteiger partial charge < -0.3 is 0 Å². The zero-order valence-corrected chi connectivity index (χ0v) is 8.53. The smallest absolute Gasteiger partial charge is 0.249 e. The van der Waals surface area contributed by atoms with Crippen LogP contribution in [0.3, 0.4) is 0 Å². The van der Waals surface area contributed by atoms with E-state index in [2.05, 4.69) is 47.4 Å². The lowest BCUT2D eigenvalue weighted by Crippen LogP contribution is -1.81. The molecular formula is C12N2O4. The first-order chi connectivity index (χ1) is 8.63. The minimum absolute atomic E-state index is 0.830. The minimum Gasteiger partial charge on any atom is -0.249 e. The summed E-state index contributed by atoms with van der Waals surface area (Å²) in [5.74, 6) is 21.5. The Morgan fingerprint density at radius 2 is 0.722 bits per heavy atom. The molecule has 82 valence electrons. The molecule has 6 heteroatoms. The van der Waals surface area contributed by atoms with Gasteiger partial charge in [0, 0.05) is 47.4 Å². The first-order valence-electron chi connectivity index (χ1n) is 3.93. The first-order valence-corrected chi connectivity index (χ1v) is 3.93. The molecule has 0 amide bonds. The molecule has 0 aliphatic heterocycles. The number of hydrogen-bond donors (Lipinski definition) is 0. The van der Waals surface area contributed by atoms with Crippen LogP contribution in [0.2, 0.25) is 0 Å². The average Bonchev–Trinajstić information content (AvgIpc) is 2.29. The lowest BCUT2D eigenvalue weighted by atomic mass is 10.5. The highest BCUT2D eigenvalue weighted by atomic mass is 16.6. The fourth-order valence-corrected chi connectivity index (χ4v) is 0.397. The van der Waals surface area contributed by atoms with Crippen molar-refractivity contribution in [2.24, 2.45) is 0 Å². The number of rotatable bonds is 0. The van der Waals surface area contributed by atoms with Gasteiger partial charge in [-0.1, -0.05) is 0 Å². The van der Waals surface area contributed by atoms with E-state index in [0.717, 1.165) is 0 Å². The van der Waals surface area contributed by atoms with E-state index in [4.69, 9.17) is 0 Å². The molecule has 0 aromatic rings. The fourth-order valence-electron chi connectivity index (χ4n) is 0.397. The van der Waals surface area contributed by atoms with Gasteiger partial charge in [-0.25, -0.2) is 20.2 Å². The van der Waals surface area contributed by atoms with Gasteiger partial charge >= 0.3 is 12.1 Å². The Morgan fingerprint density at radius 1 is 0.500 bits per heavy atom. The molecule has 0 aliphatic rings. The molecule has 0 aliphatic carbocycles. The summed E-state index contributed by atoms with van der Waals surface area (Å²) >= 11 is 0. The Bertz CT molecular complexity index is 660. The largest absolute Gasteiger partial charge is 0.304 e. The number of nitro groups is 2. The van der Waals surface area contributed by atoms with Gasteiger partial charge in [-0.05, 0) is 0 Å². The standard InChI is InChI=1S/C12N2O4/c15-13(16)11-9-7-5-3-1-2-4-6-8-10-12-14(17)18. The van der Waals surface area contributed by atoms with Crippen molar-refractivity contribution in [1.82, 2.24) is 0 Å². The summed E-state index contributed by atoms with van der Waals surface area (Å²) in [6.45, 7) is 0. The molecule has 18 heavy (non-hydrogen) atoms. The SMILES string of the molecule is O=[N+]([O-])C#CC#CC#CC#CC#CC#C[N+](=O)[O-]. The third-order valence-corrected chi connectivity index (χ3v) is 0.857. The lowest BCUT2D eigenvalue weighted by molar-refractivity contribution is -0.379. The predicted octanol–water partition coefficient (Wildman–Crippen LogP) is -0.525. The maximum Gasteiger partial charge on any atom is 0.304 e. The van der Waals surface area contributed by atoms with Crippen LogP contribution in [0.1, 0.15) is 0 Å². The van der Waals surface area contributed by atoms with Crippen LogP contribution in [0.5, 0.6) is 0 Å². The van der Waals surface area contributed by atoms with Crippen LogP contribution in [0, 0.1) is 91.5 Å². The molecule has 0 bridgehead atoms. The van der Waals surface area contributed by atoms with Gasteiger partial charge in [-0.2, -0.15) is 0 Å². The Balaban J connectivity index is 4.32. The maximum absolute atomic E-state index is 9.74. The molecule has 0 aromatic carbocycles. The van der Waals surface area contributed by atoms with Crippen LogP contribution in [-0.2, 0) is 0 Å². The topological polar surface area (TPSA) is 86.3 Å². The second-order valence-corrected chi connectivity index (χ2v) is 1.99. The molecule has 0 aromatic heterocycles. The van der Waals surface area contributed by atoms with Crippen LogP contribution in [-0.4, -0.2) is 9.85 Å². The Morgan fingerprint density at radius 3 is 0.944 bits per heavy atom. The quantitative estimate of drug-likeness (QED) is 0.245. The summed E-state index contributed by atoms with van der Waals surface area (Å²) in [4.78, 5) is 17.8. The fraction of sp³-hybridized carbons (Fsp3) is 0. The van der Waals surface area contributed by atoms with E-state index < -0.39 is 9.85 Å². The summed E-state index contributed by atoms with van der Waals surface area (Å²) in [5.41, 5.74) is 0. The molecule has 0 fully saturated rings. The van der Waals surface area contributed by atoms with Crippen LogP contribution < -0.4 is 0 Å². The predicted molar refractivity (Wildman–Crippen MR) is 60.6 cm³/mol. The van der Waals surface area contributed by atoms with Gasteiger partial charge in [-0.15, -0.1) is 0 Å². The van der Waals surface area contributed by atoms with Crippen molar-refractivity contribution >= 4 is 0 Å². The number of hydrogen-bond acceptors (Lipinski definition) is 4. The van der Waals surface area contributed by atoms with Crippen molar-refractivity contribution in [3.63, 3.8) is 0 Å². The highest BCUT2D eigenvalue weighted by molar-refractivity contribution is 5.43. The number of nitrogens with zero attached hydrogens (tertiary/aromatic N) is 2. The van der Waals surface area contributed by atoms with Crippen LogP contribution in [0.15, 0.2) is 0 Å². The summed E-state index contributed by atoms with van der Waals surface area (Å²) in [6, 6.07) is 3.16. The highest BCUT2D eigenvalue weighted by Crippen LogP contribution is 1.60. The first kappa shape index (κ1) is 14.2. The molecule has 0 N–H and O–H groups in total. The summed E-state index contributed by atoms with van der Waals surface area (Å²) in [5, 5.41) is 19.5. The molecule has 0 rings (SSSR count). The molecule has 0 radical (unpaired) electrons. The minimum atomic E-state index is -0.830. The monoisotopic (exact) mass is 236 g/mol. The normalized spacial score (nSPS) is 5.11. The van der Waals surface area contributed by atoms with Crippen LogP contribution in [0.4, 0.5) is 0 Å². The van der Waals surface area contributed by atoms with E-state index in [-0.39, 0.29) is 0 Å². The Labute approximate surface area is 102 Å². The van der Waals surface area contributed by atoms with Gasteiger partial charge in [0.05, 0.1) is 11.8 Å². The summed E-state index contributed by atoms with van der Waals surface area (Å²) < 4.78 is 0. The lowest BCUT2D eigenvalue weighted by Gasteiger charge is -1.62. The molecule has 6 nitrogen and oxygen atoms in total. The van der Waals surface area contributed by atoms with Crippen molar-refractivity contribution < 1.29 is 9.85 Å². The van der Waals surface area contributed by atoms with Gasteiger partial charge in [0.25, 0.3) is 0 Å². The summed E-state index contributed by atoms with van der Waals surface area (Å²) in [7, 11) is 0. The van der Waals surface area contributed by atoms with Crippen molar-refractivity contribution in [3.05, 3.63) is 20.2 Å². The molecular weight excluding hydrogens is 236 g/mol. The Hall–Kier alpha value is -3.84. The second kappa shape index (κ2) is 9.71. The highest BCUT2D eigenvalue weighted by Gasteiger charge is 1.77. The zero-order chi connectivity index (χ0) is 13.6. The van der Waals surface area contributed by atoms with E-state index in [9.17, 15) is 20.2 Å². The summed E-state index contributed by atoms with van der Waals surface area (Å²) in [6.07, 6.45) is 0. The van der Waals surface area contributed by atoms with Crippen molar-refractivity contribution in [2.75, 3.05) is 0 Å². The van der Waals surface area contributed by atoms with Crippen molar-refractivity contribution in [2.45, 2.75) is 0 Å². The van der Waals surface area contributed by atoms with E-state index in [1.807, 2.05) is 11.8 Å². The molecule has 0 atom stereocenters. The molecule has 0 unspecified atom stereocenters. The van der Waals surface area contributed by atoms with Gasteiger partial charge in [0.1, 0.15) is 9.85 Å². The second-order valence-electron chi connectivity index (χ2n) is 1.99. The van der Waals surface area contributed by atoms with Gasteiger partial charge in [0.15, 0.2) is 0 Å². The van der Waals surface area contributed by atoms with Gasteiger partial charge in [0.2, 0.25) is 0 Å². The van der Waals surface area contributed by atoms with E-state index >= 15 is 0 Å². The van der Waals surface area contributed by atoms with Crippen LogP contribution in [0.25, 0.3) is 0 Å². The zero-order valence-electron chi connectivity index (χ0n) is 8.53. The molecule has 0 spiro atoms. The van der Waals surface area contributed by atoms with Gasteiger partial charge in [-0.3, -0.25) is 0 Å². The maximum atomic E-state index is 9.74. The van der Waals surface area contributed by atoms with E-state index in [1.54, 1.807) is 12.1 Å². The van der Waals surface area contributed by atoms with Crippen LogP contribution >= 0.6 is 0 Å². The average molecular weight is 236 g/mol. The molecule has 0 saturated carbocycles. The van der Waals surface area contributed by atoms with Crippen molar-refractivity contribution in [1.29, 1.82) is 0 Å². The Kier molecular flexibility index (Phi) is 7.63. The van der Waals surface area contributed by atoms with E-state index in [1.165, 1.54) is 0 Å². The van der Waals surface area contributed by atoms with E-state index in [0.29, 0.717) is 0 Å². The van der Waals surface area contributed by atoms with Crippen molar-refractivity contribution in [3.8, 4) is 71.3 Å². The third kappa shape index (κ3) is 12.2. The molecule has 0 saturated heterocycles.